The Balaban J connectivity index is 1.59. The van der Waals surface area contributed by atoms with Gasteiger partial charge in [-0.2, -0.15) is 5.10 Å². The van der Waals surface area contributed by atoms with Gasteiger partial charge in [0, 0.05) is 24.2 Å². The molecule has 0 saturated carbocycles. The number of fused-ring (bicyclic) bond motifs is 1. The van der Waals surface area contributed by atoms with Crippen molar-refractivity contribution in [3.05, 3.63) is 58.9 Å². The molecule has 0 N–H and O–H groups in total. The summed E-state index contributed by atoms with van der Waals surface area (Å²) in [7, 11) is 0. The summed E-state index contributed by atoms with van der Waals surface area (Å²) >= 11 is 1.53. The molecule has 0 spiro atoms. The molecule has 160 valence electrons. The first-order chi connectivity index (χ1) is 14.9. The van der Waals surface area contributed by atoms with E-state index in [4.69, 9.17) is 4.98 Å². The third-order valence-electron chi connectivity index (χ3n) is 5.95. The van der Waals surface area contributed by atoms with E-state index in [1.54, 1.807) is 10.7 Å². The van der Waals surface area contributed by atoms with E-state index in [0.717, 1.165) is 28.1 Å². The number of benzene rings is 1. The van der Waals surface area contributed by atoms with Crippen molar-refractivity contribution in [2.45, 2.75) is 45.1 Å². The lowest BCUT2D eigenvalue weighted by Gasteiger charge is -2.37. The van der Waals surface area contributed by atoms with Crippen molar-refractivity contribution in [3.8, 4) is 10.6 Å². The van der Waals surface area contributed by atoms with Crippen LogP contribution in [0.1, 0.15) is 50.1 Å². The number of halogens is 2. The van der Waals surface area contributed by atoms with Crippen molar-refractivity contribution in [2.75, 3.05) is 11.4 Å². The van der Waals surface area contributed by atoms with Crippen molar-refractivity contribution in [2.24, 2.45) is 0 Å². The largest absolute Gasteiger partial charge is 0.347 e. The molecule has 0 bridgehead atoms. The van der Waals surface area contributed by atoms with E-state index in [0.29, 0.717) is 35.9 Å². The molecule has 4 aromatic rings. The Hall–Kier alpha value is -2.94. The molecule has 4 heterocycles. The third-order valence-corrected chi connectivity index (χ3v) is 7.20. The summed E-state index contributed by atoms with van der Waals surface area (Å²) in [5, 5.41) is 14.7. The van der Waals surface area contributed by atoms with E-state index in [1.807, 2.05) is 19.2 Å². The zero-order chi connectivity index (χ0) is 21.8. The molecule has 1 aromatic carbocycles. The van der Waals surface area contributed by atoms with Crippen molar-refractivity contribution in [1.82, 2.24) is 24.8 Å². The number of nitrogens with zero attached hydrogens (tertiary/aromatic N) is 6. The molecule has 1 fully saturated rings. The van der Waals surface area contributed by atoms with Gasteiger partial charge in [0.15, 0.2) is 10.7 Å². The van der Waals surface area contributed by atoms with Crippen LogP contribution >= 0.6 is 11.3 Å². The van der Waals surface area contributed by atoms with Crippen molar-refractivity contribution in [1.29, 1.82) is 0 Å². The van der Waals surface area contributed by atoms with Crippen LogP contribution in [0.4, 0.5) is 14.6 Å². The van der Waals surface area contributed by atoms with E-state index in [9.17, 15) is 8.78 Å². The van der Waals surface area contributed by atoms with E-state index < -0.39 is 17.2 Å². The fourth-order valence-electron chi connectivity index (χ4n) is 4.26. The predicted molar refractivity (Wildman–Crippen MR) is 116 cm³/mol. The molecule has 1 aliphatic rings. The highest BCUT2D eigenvalue weighted by molar-refractivity contribution is 7.14. The highest BCUT2D eigenvalue weighted by atomic mass is 32.1. The molecule has 9 heteroatoms. The molecule has 1 aliphatic heterocycles. The van der Waals surface area contributed by atoms with Crippen LogP contribution in [0.25, 0.3) is 16.2 Å². The van der Waals surface area contributed by atoms with Gasteiger partial charge in [-0.25, -0.2) is 18.3 Å². The first-order valence-electron chi connectivity index (χ1n) is 10.3. The second-order valence-electron chi connectivity index (χ2n) is 8.37. The van der Waals surface area contributed by atoms with Crippen LogP contribution in [-0.2, 0) is 5.54 Å². The molecule has 0 unspecified atom stereocenters. The molecule has 6 nitrogen and oxygen atoms in total. The van der Waals surface area contributed by atoms with Gasteiger partial charge >= 0.3 is 0 Å². The fourth-order valence-corrected chi connectivity index (χ4v) is 5.11. The lowest BCUT2D eigenvalue weighted by atomic mass is 9.88. The topological polar surface area (TPSA) is 59.2 Å². The number of hydrogen-bond donors (Lipinski definition) is 0. The minimum absolute atomic E-state index is 0.295. The zero-order valence-electron chi connectivity index (χ0n) is 17.5. The maximum atomic E-state index is 14.7. The van der Waals surface area contributed by atoms with Crippen LogP contribution < -0.4 is 4.90 Å². The van der Waals surface area contributed by atoms with Gasteiger partial charge in [-0.15, -0.1) is 10.2 Å². The van der Waals surface area contributed by atoms with Gasteiger partial charge in [-0.3, -0.25) is 0 Å². The van der Waals surface area contributed by atoms with Crippen LogP contribution in [0.5, 0.6) is 0 Å². The van der Waals surface area contributed by atoms with E-state index in [2.05, 4.69) is 34.0 Å². The van der Waals surface area contributed by atoms with Gasteiger partial charge in [0.1, 0.15) is 22.5 Å². The summed E-state index contributed by atoms with van der Waals surface area (Å²) < 4.78 is 30.3. The molecule has 31 heavy (non-hydrogen) atoms. The monoisotopic (exact) mass is 440 g/mol. The Labute approximate surface area is 182 Å². The zero-order valence-corrected chi connectivity index (χ0v) is 18.3. The molecule has 0 amide bonds. The number of hydrogen-bond acceptors (Lipinski definition) is 6. The molecule has 5 rings (SSSR count). The van der Waals surface area contributed by atoms with Crippen molar-refractivity contribution >= 4 is 22.8 Å². The average molecular weight is 441 g/mol. The van der Waals surface area contributed by atoms with Gasteiger partial charge in [-0.05, 0) is 44.0 Å². The minimum atomic E-state index is -0.689. The van der Waals surface area contributed by atoms with Crippen LogP contribution in [0.3, 0.4) is 0 Å². The summed E-state index contributed by atoms with van der Waals surface area (Å²) in [5.74, 6) is 0.148. The van der Waals surface area contributed by atoms with Gasteiger partial charge in [-0.1, -0.05) is 25.2 Å². The standard InChI is InChI=1S/C22H22F2N6S/c1-13(2)20-27-28-21(31-20)15-12-25-30-10-7-18(26-19(15)30)29-9-4-8-22(29,3)16-11-14(23)5-6-17(16)24/h5-7,10-13H,4,8-9H2,1-3H3/t22-/m1/s1. The van der Waals surface area contributed by atoms with Crippen molar-refractivity contribution < 1.29 is 8.78 Å². The Morgan fingerprint density at radius 3 is 2.77 bits per heavy atom. The Bertz CT molecular complexity index is 1270. The first kappa shape index (κ1) is 20.0. The van der Waals surface area contributed by atoms with E-state index >= 15 is 0 Å². The summed E-state index contributed by atoms with van der Waals surface area (Å²) in [4.78, 5) is 6.93. The second kappa shape index (κ2) is 7.33. The number of aromatic nitrogens is 5. The second-order valence-corrected chi connectivity index (χ2v) is 9.37. The molecule has 1 saturated heterocycles. The highest BCUT2D eigenvalue weighted by Gasteiger charge is 2.41. The lowest BCUT2D eigenvalue weighted by molar-refractivity contribution is 0.451. The van der Waals surface area contributed by atoms with E-state index in [1.165, 1.54) is 23.5 Å². The molecular weight excluding hydrogens is 418 g/mol. The number of anilines is 1. The van der Waals surface area contributed by atoms with Gasteiger partial charge in [0.25, 0.3) is 0 Å². The van der Waals surface area contributed by atoms with Crippen LogP contribution in [-0.4, -0.2) is 31.3 Å². The SMILES string of the molecule is CC(C)c1nnc(-c2cnn3ccc(N4CCC[C@]4(C)c4cc(F)ccc4F)nc23)s1. The molecule has 0 aliphatic carbocycles. The van der Waals surface area contributed by atoms with Gasteiger partial charge < -0.3 is 4.90 Å². The molecule has 0 radical (unpaired) electrons. The van der Waals surface area contributed by atoms with Crippen LogP contribution in [0, 0.1) is 11.6 Å². The van der Waals surface area contributed by atoms with Gasteiger partial charge in [0.05, 0.1) is 17.3 Å². The number of rotatable bonds is 4. The molecule has 1 atom stereocenters. The summed E-state index contributed by atoms with van der Waals surface area (Å²) in [6.45, 7) is 6.81. The maximum absolute atomic E-state index is 14.7. The highest BCUT2D eigenvalue weighted by Crippen LogP contribution is 2.42. The normalized spacial score (nSPS) is 19.1. The van der Waals surface area contributed by atoms with E-state index in [-0.39, 0.29) is 0 Å². The van der Waals surface area contributed by atoms with Crippen LogP contribution in [0.15, 0.2) is 36.7 Å². The quantitative estimate of drug-likeness (QED) is 0.438. The third kappa shape index (κ3) is 3.27. The predicted octanol–water partition coefficient (Wildman–Crippen LogP) is 5.17. The fraction of sp³-hybridized carbons (Fsp3) is 0.364. The Morgan fingerprint density at radius 1 is 1.16 bits per heavy atom. The van der Waals surface area contributed by atoms with Gasteiger partial charge in [0.2, 0.25) is 0 Å². The Morgan fingerprint density at radius 2 is 2.00 bits per heavy atom. The minimum Gasteiger partial charge on any atom is -0.347 e. The van der Waals surface area contributed by atoms with Crippen molar-refractivity contribution in [3.63, 3.8) is 0 Å². The smallest absolute Gasteiger partial charge is 0.167 e. The summed E-state index contributed by atoms with van der Waals surface area (Å²) in [6.07, 6.45) is 5.15. The Kier molecular flexibility index (Phi) is 4.73. The average Bonchev–Trinajstić information content (AvgIpc) is 3.47. The van der Waals surface area contributed by atoms with Crippen LogP contribution in [0.2, 0.25) is 0 Å². The molecule has 3 aromatic heterocycles. The lowest BCUT2D eigenvalue weighted by Crippen LogP contribution is -2.40. The maximum Gasteiger partial charge on any atom is 0.167 e. The first-order valence-corrected chi connectivity index (χ1v) is 11.1. The molecular formula is C22H22F2N6S. The summed E-state index contributed by atoms with van der Waals surface area (Å²) in [5.41, 5.74) is 1.14. The summed E-state index contributed by atoms with van der Waals surface area (Å²) in [6, 6.07) is 5.51.